The molecule has 0 radical (unpaired) electrons. The number of rotatable bonds is 48. The first kappa shape index (κ1) is 61.3. The Labute approximate surface area is 406 Å². The Balaban J connectivity index is 2.33. The molecule has 0 heterocycles. The molecule has 0 aromatic heterocycles. The van der Waals surface area contributed by atoms with E-state index < -0.39 is 6.10 Å². The van der Waals surface area contributed by atoms with E-state index in [1.54, 1.807) is 0 Å². The number of benzene rings is 1. The molecule has 0 aliphatic heterocycles. The highest BCUT2D eigenvalue weighted by Crippen LogP contribution is 2.21. The fourth-order valence-electron chi connectivity index (χ4n) is 7.58. The van der Waals surface area contributed by atoms with Gasteiger partial charge in [0.15, 0.2) is 9.03 Å². The molecule has 380 valence electrons. The standard InChI is InChI=1S/C56H98NO8P/c1-5-8-11-13-15-17-19-21-23-25-27-29-31-33-35-40-55(59)62-48-53(49-63-56(60)41-36-34-32-30-28-26-24-22-20-18-16-14-12-9-6-2)65-66-64-46-44-57-54(58)39-37-45-61-52-43-42-50(4)51(47-52)38-10-7-3/h21-24,42-43,47,53,66H,5-20,25-41,44-46,48-49H2,1-4H3,(H,57,58). The van der Waals surface area contributed by atoms with E-state index in [-0.39, 0.29) is 46.7 Å². The number of esters is 2. The first-order chi connectivity index (χ1) is 32.4. The molecule has 1 aromatic rings. The van der Waals surface area contributed by atoms with E-state index >= 15 is 0 Å². The van der Waals surface area contributed by atoms with Crippen molar-refractivity contribution in [2.45, 2.75) is 246 Å². The van der Waals surface area contributed by atoms with E-state index in [0.717, 1.165) is 76.4 Å². The van der Waals surface area contributed by atoms with Crippen molar-refractivity contribution in [1.82, 2.24) is 5.32 Å². The normalized spacial score (nSPS) is 12.2. The maximum atomic E-state index is 12.6. The van der Waals surface area contributed by atoms with Crippen LogP contribution in [-0.2, 0) is 39.3 Å². The number of unbranched alkanes of at least 4 members (excludes halogenated alkanes) is 23. The van der Waals surface area contributed by atoms with Crippen molar-refractivity contribution in [3.05, 3.63) is 53.6 Å². The number of carbonyl (C=O) groups excluding carboxylic acids is 3. The van der Waals surface area contributed by atoms with Crippen LogP contribution in [-0.4, -0.2) is 56.9 Å². The molecule has 0 aliphatic carbocycles. The van der Waals surface area contributed by atoms with E-state index in [1.807, 2.05) is 6.07 Å². The van der Waals surface area contributed by atoms with Crippen molar-refractivity contribution in [2.75, 3.05) is 33.0 Å². The number of ether oxygens (including phenoxy) is 3. The van der Waals surface area contributed by atoms with Gasteiger partial charge >= 0.3 is 11.9 Å². The molecular formula is C56H98NO8P. The highest BCUT2D eigenvalue weighted by molar-refractivity contribution is 7.26. The summed E-state index contributed by atoms with van der Waals surface area (Å²) in [5.74, 6) is 0.247. The molecule has 9 nitrogen and oxygen atoms in total. The van der Waals surface area contributed by atoms with Crippen LogP contribution < -0.4 is 10.1 Å². The van der Waals surface area contributed by atoms with Gasteiger partial charge in [-0.15, -0.1) is 0 Å². The van der Waals surface area contributed by atoms with Crippen molar-refractivity contribution in [3.63, 3.8) is 0 Å². The van der Waals surface area contributed by atoms with E-state index in [2.05, 4.69) is 69.4 Å². The minimum Gasteiger partial charge on any atom is -0.494 e. The molecule has 0 fully saturated rings. The third kappa shape index (κ3) is 40.3. The van der Waals surface area contributed by atoms with Gasteiger partial charge < -0.3 is 28.6 Å². The Kier molecular flexibility index (Phi) is 43.9. The average Bonchev–Trinajstić information content (AvgIpc) is 3.32. The molecule has 0 saturated carbocycles. The number of nitrogens with one attached hydrogen (secondary N) is 1. The summed E-state index contributed by atoms with van der Waals surface area (Å²) in [6, 6.07) is 6.20. The molecule has 1 rings (SSSR count). The number of carbonyl (C=O) groups is 3. The van der Waals surface area contributed by atoms with Crippen LogP contribution in [0.4, 0.5) is 0 Å². The van der Waals surface area contributed by atoms with E-state index in [9.17, 15) is 14.4 Å². The molecule has 1 aromatic carbocycles. The second kappa shape index (κ2) is 47.3. The molecule has 1 N–H and O–H groups in total. The van der Waals surface area contributed by atoms with Crippen molar-refractivity contribution in [1.29, 1.82) is 0 Å². The van der Waals surface area contributed by atoms with Crippen molar-refractivity contribution >= 4 is 26.9 Å². The molecule has 1 amide bonds. The molecule has 10 heteroatoms. The first-order valence-corrected chi connectivity index (χ1v) is 27.8. The third-order valence-corrected chi connectivity index (χ3v) is 12.6. The molecule has 66 heavy (non-hydrogen) atoms. The second-order valence-corrected chi connectivity index (χ2v) is 18.9. The molecule has 0 bridgehead atoms. The first-order valence-electron chi connectivity index (χ1n) is 27.0. The van der Waals surface area contributed by atoms with E-state index in [1.165, 1.54) is 127 Å². The molecule has 0 aliphatic rings. The number of amides is 1. The molecule has 0 spiro atoms. The summed E-state index contributed by atoms with van der Waals surface area (Å²) in [4.78, 5) is 37.6. The third-order valence-electron chi connectivity index (χ3n) is 11.9. The summed E-state index contributed by atoms with van der Waals surface area (Å²) in [5, 5.41) is 2.88. The van der Waals surface area contributed by atoms with Gasteiger partial charge in [-0.05, 0) is 114 Å². The van der Waals surface area contributed by atoms with Gasteiger partial charge in [-0.2, -0.15) is 0 Å². The van der Waals surface area contributed by atoms with Crippen LogP contribution >= 0.6 is 9.03 Å². The Morgan fingerprint density at radius 3 is 1.53 bits per heavy atom. The lowest BCUT2D eigenvalue weighted by molar-refractivity contribution is -0.151. The average molecular weight is 944 g/mol. The fraction of sp³-hybridized carbons (Fsp3) is 0.768. The van der Waals surface area contributed by atoms with Crippen molar-refractivity contribution < 1.29 is 37.6 Å². The van der Waals surface area contributed by atoms with Crippen molar-refractivity contribution in [2.24, 2.45) is 0 Å². The molecular weight excluding hydrogens is 846 g/mol. The lowest BCUT2D eigenvalue weighted by atomic mass is 10.0. The summed E-state index contributed by atoms with van der Waals surface area (Å²) in [6.45, 7) is 9.90. The topological polar surface area (TPSA) is 109 Å². The Morgan fingerprint density at radius 1 is 0.561 bits per heavy atom. The fourth-order valence-corrected chi connectivity index (χ4v) is 8.11. The highest BCUT2D eigenvalue weighted by Gasteiger charge is 2.16. The van der Waals surface area contributed by atoms with Crippen LogP contribution in [0.25, 0.3) is 0 Å². The summed E-state index contributed by atoms with van der Waals surface area (Å²) < 4.78 is 28.6. The van der Waals surface area contributed by atoms with Gasteiger partial charge in [0.25, 0.3) is 0 Å². The number of aryl methyl sites for hydroxylation is 2. The molecule has 1 atom stereocenters. The largest absolute Gasteiger partial charge is 0.494 e. The number of hydrogen-bond acceptors (Lipinski definition) is 8. The minimum atomic E-state index is -0.634. The second-order valence-electron chi connectivity index (χ2n) is 18.2. The summed E-state index contributed by atoms with van der Waals surface area (Å²) in [5.41, 5.74) is 2.60. The summed E-state index contributed by atoms with van der Waals surface area (Å²) in [6.07, 6.45) is 45.0. The molecule has 1 unspecified atom stereocenters. The van der Waals surface area contributed by atoms with Crippen LogP contribution in [0.5, 0.6) is 5.75 Å². The monoisotopic (exact) mass is 944 g/mol. The minimum absolute atomic E-state index is 0.0115. The predicted octanol–water partition coefficient (Wildman–Crippen LogP) is 15.7. The Hall–Kier alpha value is -2.74. The summed E-state index contributed by atoms with van der Waals surface area (Å²) >= 11 is 0. The number of allylic oxidation sites excluding steroid dienone is 4. The zero-order chi connectivity index (χ0) is 47.8. The highest BCUT2D eigenvalue weighted by atomic mass is 31.1. The van der Waals surface area contributed by atoms with E-state index in [0.29, 0.717) is 38.8 Å². The Bertz CT molecular complexity index is 1300. The van der Waals surface area contributed by atoms with Crippen LogP contribution in [0.3, 0.4) is 0 Å². The zero-order valence-corrected chi connectivity index (χ0v) is 43.8. The van der Waals surface area contributed by atoms with E-state index in [4.69, 9.17) is 23.3 Å². The molecule has 0 saturated heterocycles. The SMILES string of the molecule is CCCCCCCCC=CCCCCCCCC(=O)OCC(COC(=O)CCCCCCCC=CCCCCCCCC)OPOCCNC(=O)CCCOc1ccc(C)c(CCCC)c1. The lowest BCUT2D eigenvalue weighted by Gasteiger charge is -2.18. The quantitative estimate of drug-likeness (QED) is 0.0298. The van der Waals surface area contributed by atoms with Crippen molar-refractivity contribution in [3.8, 4) is 5.75 Å². The van der Waals surface area contributed by atoms with Gasteiger partial charge in [0, 0.05) is 25.8 Å². The van der Waals surface area contributed by atoms with Gasteiger partial charge in [0.2, 0.25) is 5.91 Å². The maximum absolute atomic E-state index is 12.6. The zero-order valence-electron chi connectivity index (χ0n) is 42.8. The maximum Gasteiger partial charge on any atom is 0.305 e. The van der Waals surface area contributed by atoms with Gasteiger partial charge in [0.05, 0.1) is 13.2 Å². The number of hydrogen-bond donors (Lipinski definition) is 1. The Morgan fingerprint density at radius 2 is 1.03 bits per heavy atom. The lowest BCUT2D eigenvalue weighted by Crippen LogP contribution is -2.28. The van der Waals surface area contributed by atoms with Crippen LogP contribution in [0, 0.1) is 6.92 Å². The van der Waals surface area contributed by atoms with Crippen LogP contribution in [0.1, 0.15) is 237 Å². The summed E-state index contributed by atoms with van der Waals surface area (Å²) in [7, 11) is -0.360. The van der Waals surface area contributed by atoms with Crippen LogP contribution in [0.15, 0.2) is 42.5 Å². The van der Waals surface area contributed by atoms with Gasteiger partial charge in [0.1, 0.15) is 25.1 Å². The van der Waals surface area contributed by atoms with Gasteiger partial charge in [-0.3, -0.25) is 14.4 Å². The van der Waals surface area contributed by atoms with Crippen LogP contribution in [0.2, 0.25) is 0 Å². The smallest absolute Gasteiger partial charge is 0.305 e. The predicted molar refractivity (Wildman–Crippen MR) is 277 cm³/mol. The van der Waals surface area contributed by atoms with Gasteiger partial charge in [-0.1, -0.05) is 160 Å². The van der Waals surface area contributed by atoms with Gasteiger partial charge in [-0.25, -0.2) is 0 Å².